The predicted octanol–water partition coefficient (Wildman–Crippen LogP) is 4.17. The van der Waals surface area contributed by atoms with Gasteiger partial charge in [0.25, 0.3) is 0 Å². The van der Waals surface area contributed by atoms with Gasteiger partial charge in [0.15, 0.2) is 0 Å². The van der Waals surface area contributed by atoms with E-state index in [0.29, 0.717) is 10.8 Å². The highest BCUT2D eigenvalue weighted by Gasteiger charge is 2.28. The van der Waals surface area contributed by atoms with Crippen molar-refractivity contribution in [2.24, 2.45) is 16.6 Å². The maximum atomic E-state index is 4.50. The molecule has 1 nitrogen and oxygen atoms in total. The topological polar surface area (TPSA) is 26.0 Å². The molecule has 0 bridgehead atoms. The number of hydrogen-bond donors (Lipinski definition) is 1. The van der Waals surface area contributed by atoms with Gasteiger partial charge < -0.3 is 5.73 Å². The SMILES string of the molecule is CC.CC1(C)CCC(C)(C)CSC1.CN. The van der Waals surface area contributed by atoms with Crippen LogP contribution in [0.1, 0.15) is 54.4 Å². The lowest BCUT2D eigenvalue weighted by Gasteiger charge is -2.23. The van der Waals surface area contributed by atoms with Gasteiger partial charge in [-0.3, -0.25) is 0 Å². The molecule has 1 rings (SSSR count). The number of rotatable bonds is 0. The first-order valence-electron chi connectivity index (χ1n) is 6.07. The predicted molar refractivity (Wildman–Crippen MR) is 75.6 cm³/mol. The van der Waals surface area contributed by atoms with Crippen LogP contribution < -0.4 is 5.73 Å². The molecule has 2 heteroatoms. The highest BCUT2D eigenvalue weighted by Crippen LogP contribution is 2.40. The lowest BCUT2D eigenvalue weighted by atomic mass is 9.81. The van der Waals surface area contributed by atoms with Crippen molar-refractivity contribution in [1.29, 1.82) is 0 Å². The van der Waals surface area contributed by atoms with Gasteiger partial charge in [-0.1, -0.05) is 41.5 Å². The average Bonchev–Trinajstić information content (AvgIpc) is 2.32. The third-order valence-corrected chi connectivity index (χ3v) is 4.44. The Morgan fingerprint density at radius 1 is 0.800 bits per heavy atom. The zero-order valence-electron chi connectivity index (χ0n) is 11.8. The quantitative estimate of drug-likeness (QED) is 0.679. The monoisotopic (exact) mass is 233 g/mol. The summed E-state index contributed by atoms with van der Waals surface area (Å²) in [6.07, 6.45) is 2.79. The van der Waals surface area contributed by atoms with Gasteiger partial charge >= 0.3 is 0 Å². The van der Waals surface area contributed by atoms with Crippen molar-refractivity contribution in [1.82, 2.24) is 0 Å². The van der Waals surface area contributed by atoms with Crippen molar-refractivity contribution in [3.8, 4) is 0 Å². The molecule has 0 unspecified atom stereocenters. The van der Waals surface area contributed by atoms with Crippen LogP contribution in [-0.4, -0.2) is 18.6 Å². The number of nitrogens with two attached hydrogens (primary N) is 1. The van der Waals surface area contributed by atoms with Crippen molar-refractivity contribution < 1.29 is 0 Å². The van der Waals surface area contributed by atoms with E-state index in [2.05, 4.69) is 45.2 Å². The fourth-order valence-corrected chi connectivity index (χ4v) is 2.92. The highest BCUT2D eigenvalue weighted by molar-refractivity contribution is 7.99. The first-order chi connectivity index (χ1) is 6.91. The van der Waals surface area contributed by atoms with Gasteiger partial charge in [0, 0.05) is 0 Å². The van der Waals surface area contributed by atoms with Gasteiger partial charge in [-0.15, -0.1) is 0 Å². The standard InChI is InChI=1S/C10H20S.C2H6.CH5N/c1-9(2)5-6-10(3,4)8-11-7-9;2*1-2/h5-8H2,1-4H3;1-2H3;2H2,1H3. The lowest BCUT2D eigenvalue weighted by molar-refractivity contribution is 0.295. The molecule has 0 amide bonds. The molecule has 2 N–H and O–H groups in total. The van der Waals surface area contributed by atoms with E-state index in [1.165, 1.54) is 31.4 Å². The molecule has 0 aliphatic carbocycles. The van der Waals surface area contributed by atoms with Crippen LogP contribution in [0.15, 0.2) is 0 Å². The molecule has 1 heterocycles. The van der Waals surface area contributed by atoms with Crippen molar-refractivity contribution >= 4 is 11.8 Å². The van der Waals surface area contributed by atoms with E-state index in [9.17, 15) is 0 Å². The normalized spacial score (nSPS) is 22.4. The molecule has 0 aromatic rings. The molecule has 0 saturated carbocycles. The van der Waals surface area contributed by atoms with Crippen molar-refractivity contribution in [2.45, 2.75) is 54.4 Å². The minimum Gasteiger partial charge on any atom is -0.333 e. The Morgan fingerprint density at radius 2 is 1.07 bits per heavy atom. The molecule has 1 saturated heterocycles. The van der Waals surface area contributed by atoms with Gasteiger partial charge in [0.05, 0.1) is 0 Å². The molecule has 0 atom stereocenters. The van der Waals surface area contributed by atoms with Gasteiger partial charge in [0.2, 0.25) is 0 Å². The van der Waals surface area contributed by atoms with Crippen molar-refractivity contribution in [2.75, 3.05) is 18.6 Å². The van der Waals surface area contributed by atoms with Crippen LogP contribution in [0.25, 0.3) is 0 Å². The highest BCUT2D eigenvalue weighted by atomic mass is 32.2. The number of hydrogen-bond acceptors (Lipinski definition) is 2. The first-order valence-corrected chi connectivity index (χ1v) is 7.22. The zero-order chi connectivity index (χ0) is 12.5. The summed E-state index contributed by atoms with van der Waals surface area (Å²) in [7, 11) is 1.50. The number of thioether (sulfide) groups is 1. The Bertz CT molecular complexity index is 125. The van der Waals surface area contributed by atoms with E-state index in [1.807, 2.05) is 13.8 Å². The first kappa shape index (κ1) is 17.7. The Hall–Kier alpha value is 0.310. The second-order valence-electron chi connectivity index (χ2n) is 5.32. The van der Waals surface area contributed by atoms with E-state index >= 15 is 0 Å². The minimum absolute atomic E-state index is 0.582. The maximum Gasteiger partial charge on any atom is -0.00159 e. The molecule has 0 radical (unpaired) electrons. The van der Waals surface area contributed by atoms with Crippen LogP contribution in [0.4, 0.5) is 0 Å². The van der Waals surface area contributed by atoms with Crippen LogP contribution in [0.3, 0.4) is 0 Å². The third-order valence-electron chi connectivity index (χ3n) is 2.46. The fraction of sp³-hybridized carbons (Fsp3) is 1.00. The van der Waals surface area contributed by atoms with Crippen LogP contribution >= 0.6 is 11.8 Å². The van der Waals surface area contributed by atoms with Crippen LogP contribution in [-0.2, 0) is 0 Å². The lowest BCUT2D eigenvalue weighted by Crippen LogP contribution is -2.15. The Balaban J connectivity index is 0. The average molecular weight is 233 g/mol. The summed E-state index contributed by atoms with van der Waals surface area (Å²) in [4.78, 5) is 0. The maximum absolute atomic E-state index is 4.50. The van der Waals surface area contributed by atoms with E-state index in [-0.39, 0.29) is 0 Å². The molecule has 0 aromatic carbocycles. The van der Waals surface area contributed by atoms with E-state index in [0.717, 1.165) is 0 Å². The van der Waals surface area contributed by atoms with Crippen molar-refractivity contribution in [3.05, 3.63) is 0 Å². The molecule has 1 aliphatic rings. The summed E-state index contributed by atoms with van der Waals surface area (Å²) < 4.78 is 0. The zero-order valence-corrected chi connectivity index (χ0v) is 12.6. The molecule has 15 heavy (non-hydrogen) atoms. The third kappa shape index (κ3) is 9.25. The van der Waals surface area contributed by atoms with E-state index in [1.54, 1.807) is 0 Å². The summed E-state index contributed by atoms with van der Waals surface area (Å²) in [5, 5.41) is 0. The summed E-state index contributed by atoms with van der Waals surface area (Å²) in [6.45, 7) is 13.6. The van der Waals surface area contributed by atoms with Crippen LogP contribution in [0.5, 0.6) is 0 Å². The minimum atomic E-state index is 0.582. The molecular formula is C13H31NS. The molecule has 1 fully saturated rings. The summed E-state index contributed by atoms with van der Waals surface area (Å²) >= 11 is 2.13. The Labute approximate surface area is 102 Å². The van der Waals surface area contributed by atoms with E-state index < -0.39 is 0 Å². The van der Waals surface area contributed by atoms with Crippen molar-refractivity contribution in [3.63, 3.8) is 0 Å². The molecule has 1 aliphatic heterocycles. The van der Waals surface area contributed by atoms with Gasteiger partial charge in [-0.25, -0.2) is 0 Å². The summed E-state index contributed by atoms with van der Waals surface area (Å²) in [6, 6.07) is 0. The van der Waals surface area contributed by atoms with Crippen LogP contribution in [0, 0.1) is 10.8 Å². The molecule has 0 aromatic heterocycles. The Kier molecular flexibility index (Phi) is 9.98. The van der Waals surface area contributed by atoms with E-state index in [4.69, 9.17) is 0 Å². The second-order valence-corrected chi connectivity index (χ2v) is 6.31. The smallest absolute Gasteiger partial charge is 0.00159 e. The molecule has 0 spiro atoms. The van der Waals surface area contributed by atoms with Gasteiger partial charge in [0.1, 0.15) is 0 Å². The summed E-state index contributed by atoms with van der Waals surface area (Å²) in [5.41, 5.74) is 5.66. The van der Waals surface area contributed by atoms with Gasteiger partial charge in [-0.2, -0.15) is 11.8 Å². The molecule has 94 valence electrons. The summed E-state index contributed by atoms with van der Waals surface area (Å²) in [5.74, 6) is 2.69. The molecular weight excluding hydrogens is 202 g/mol. The Morgan fingerprint density at radius 3 is 1.33 bits per heavy atom. The fourth-order valence-electron chi connectivity index (χ4n) is 1.42. The second kappa shape index (κ2) is 8.46. The van der Waals surface area contributed by atoms with Crippen LogP contribution in [0.2, 0.25) is 0 Å². The van der Waals surface area contributed by atoms with Gasteiger partial charge in [-0.05, 0) is 42.2 Å². The largest absolute Gasteiger partial charge is 0.333 e.